The maximum absolute atomic E-state index is 12.5. The van der Waals surface area contributed by atoms with Crippen LogP contribution in [0.5, 0.6) is 0 Å². The summed E-state index contributed by atoms with van der Waals surface area (Å²) in [7, 11) is -2.09. The van der Waals surface area contributed by atoms with Crippen molar-refractivity contribution in [1.29, 1.82) is 0 Å². The second-order valence-electron chi connectivity index (χ2n) is 4.68. The van der Waals surface area contributed by atoms with Gasteiger partial charge in [0.2, 0.25) is 0 Å². The Hall–Kier alpha value is -2.09. The fraction of sp³-hybridized carbons (Fsp3) is 0.385. The summed E-state index contributed by atoms with van der Waals surface area (Å²) < 4.78 is 29.0. The first-order valence-electron chi connectivity index (χ1n) is 6.66. The first-order chi connectivity index (χ1) is 9.94. The van der Waals surface area contributed by atoms with Gasteiger partial charge in [-0.25, -0.2) is 4.98 Å². The molecule has 0 aromatic carbocycles. The van der Waals surface area contributed by atoms with Crippen LogP contribution in [0.1, 0.15) is 19.0 Å². The summed E-state index contributed by atoms with van der Waals surface area (Å²) in [6.45, 7) is 4.49. The Kier molecular flexibility index (Phi) is 4.46. The predicted octanol–water partition coefficient (Wildman–Crippen LogP) is 1.75. The molecule has 0 amide bonds. The third-order valence-corrected chi connectivity index (χ3v) is 4.14. The van der Waals surface area contributed by atoms with Gasteiger partial charge in [0.1, 0.15) is 5.82 Å². The van der Waals surface area contributed by atoms with Crippen LogP contribution in [0.2, 0.25) is 0 Å². The van der Waals surface area contributed by atoms with Crippen molar-refractivity contribution < 1.29 is 8.42 Å². The predicted molar refractivity (Wildman–Crippen MR) is 81.8 cm³/mol. The average Bonchev–Trinajstić information content (AvgIpc) is 2.74. The Balaban J connectivity index is 2.33. The molecule has 0 aliphatic rings. The highest BCUT2D eigenvalue weighted by Gasteiger charge is 2.21. The Bertz CT molecular complexity index is 724. The Labute approximate surface area is 124 Å². The van der Waals surface area contributed by atoms with E-state index in [0.29, 0.717) is 18.1 Å². The van der Waals surface area contributed by atoms with E-state index in [0.717, 1.165) is 12.1 Å². The molecular formula is C13H19N5O2S. The number of aryl methyl sites for hydroxylation is 2. The molecular weight excluding hydrogens is 290 g/mol. The number of sulfonamides is 1. The van der Waals surface area contributed by atoms with Crippen LogP contribution in [-0.4, -0.2) is 29.7 Å². The van der Waals surface area contributed by atoms with Gasteiger partial charge in [-0.3, -0.25) is 9.40 Å². The molecule has 0 atom stereocenters. The van der Waals surface area contributed by atoms with Gasteiger partial charge in [0.15, 0.2) is 5.03 Å². The summed E-state index contributed by atoms with van der Waals surface area (Å²) >= 11 is 0. The molecule has 0 saturated carbocycles. The third-order valence-electron chi connectivity index (χ3n) is 2.83. The largest absolute Gasteiger partial charge is 0.383 e. The average molecular weight is 309 g/mol. The van der Waals surface area contributed by atoms with Crippen molar-refractivity contribution in [1.82, 2.24) is 14.8 Å². The maximum Gasteiger partial charge on any atom is 0.282 e. The van der Waals surface area contributed by atoms with Crippen LogP contribution < -0.4 is 10.0 Å². The summed E-state index contributed by atoms with van der Waals surface area (Å²) in [5.41, 5.74) is 1.23. The number of hydrogen-bond acceptors (Lipinski definition) is 5. The SMILES string of the molecule is CCCNc1cccnc1S(=O)(=O)Nc1cc(C)nn1C. The van der Waals surface area contributed by atoms with Crippen LogP contribution in [0, 0.1) is 6.92 Å². The zero-order chi connectivity index (χ0) is 15.5. The molecule has 0 spiro atoms. The zero-order valence-electron chi connectivity index (χ0n) is 12.3. The molecule has 2 N–H and O–H groups in total. The minimum atomic E-state index is -3.77. The number of rotatable bonds is 6. The standard InChI is InChI=1S/C13H19N5O2S/c1-4-7-14-11-6-5-8-15-13(11)21(19,20)17-12-9-10(2)16-18(12)3/h5-6,8-9,14,17H,4,7H2,1-3H3. The van der Waals surface area contributed by atoms with Gasteiger partial charge >= 0.3 is 0 Å². The van der Waals surface area contributed by atoms with Gasteiger partial charge < -0.3 is 5.32 Å². The summed E-state index contributed by atoms with van der Waals surface area (Å²) in [6.07, 6.45) is 2.35. The first-order valence-corrected chi connectivity index (χ1v) is 8.14. The third kappa shape index (κ3) is 3.52. The van der Waals surface area contributed by atoms with E-state index in [1.807, 2.05) is 6.92 Å². The second-order valence-corrected chi connectivity index (χ2v) is 6.28. The zero-order valence-corrected chi connectivity index (χ0v) is 13.1. The molecule has 2 aromatic heterocycles. The van der Waals surface area contributed by atoms with Crippen LogP contribution >= 0.6 is 0 Å². The summed E-state index contributed by atoms with van der Waals surface area (Å²) in [5.74, 6) is 0.402. The van der Waals surface area contributed by atoms with E-state index in [2.05, 4.69) is 20.1 Å². The minimum absolute atomic E-state index is 0.0164. The topological polar surface area (TPSA) is 88.9 Å². The van der Waals surface area contributed by atoms with Gasteiger partial charge in [0.05, 0.1) is 11.4 Å². The normalized spacial score (nSPS) is 11.4. The van der Waals surface area contributed by atoms with E-state index in [9.17, 15) is 8.42 Å². The minimum Gasteiger partial charge on any atom is -0.383 e. The molecule has 2 heterocycles. The van der Waals surface area contributed by atoms with Gasteiger partial charge in [-0.1, -0.05) is 6.92 Å². The number of hydrogen-bond donors (Lipinski definition) is 2. The Morgan fingerprint density at radius 3 is 2.76 bits per heavy atom. The van der Waals surface area contributed by atoms with E-state index in [1.165, 1.54) is 10.9 Å². The molecule has 0 unspecified atom stereocenters. The molecule has 0 bridgehead atoms. The molecule has 2 aromatic rings. The van der Waals surface area contributed by atoms with Gasteiger partial charge in [-0.05, 0) is 25.5 Å². The van der Waals surface area contributed by atoms with Crippen LogP contribution in [0.4, 0.5) is 11.5 Å². The fourth-order valence-corrected chi connectivity index (χ4v) is 3.08. The fourth-order valence-electron chi connectivity index (χ4n) is 1.89. The highest BCUT2D eigenvalue weighted by atomic mass is 32.2. The number of nitrogens with one attached hydrogen (secondary N) is 2. The first kappa shape index (κ1) is 15.3. The van der Waals surface area contributed by atoms with Crippen molar-refractivity contribution in [2.45, 2.75) is 25.3 Å². The summed E-state index contributed by atoms with van der Waals surface area (Å²) in [4.78, 5) is 3.99. The lowest BCUT2D eigenvalue weighted by molar-refractivity contribution is 0.597. The molecule has 21 heavy (non-hydrogen) atoms. The molecule has 2 rings (SSSR count). The van der Waals surface area contributed by atoms with Gasteiger partial charge in [-0.2, -0.15) is 13.5 Å². The maximum atomic E-state index is 12.5. The highest BCUT2D eigenvalue weighted by Crippen LogP contribution is 2.21. The lowest BCUT2D eigenvalue weighted by Crippen LogP contribution is -2.18. The molecule has 0 aliphatic heterocycles. The number of pyridine rings is 1. The van der Waals surface area contributed by atoms with Crippen molar-refractivity contribution in [3.63, 3.8) is 0 Å². The molecule has 0 radical (unpaired) electrons. The van der Waals surface area contributed by atoms with Crippen LogP contribution in [-0.2, 0) is 17.1 Å². The molecule has 114 valence electrons. The molecule has 7 nitrogen and oxygen atoms in total. The van der Waals surface area contributed by atoms with Gasteiger partial charge in [0, 0.05) is 25.9 Å². The number of anilines is 2. The van der Waals surface area contributed by atoms with E-state index in [-0.39, 0.29) is 5.03 Å². The summed E-state index contributed by atoms with van der Waals surface area (Å²) in [5, 5.41) is 7.17. The molecule has 0 saturated heterocycles. The number of nitrogens with zero attached hydrogens (tertiary/aromatic N) is 3. The van der Waals surface area contributed by atoms with E-state index in [4.69, 9.17) is 0 Å². The van der Waals surface area contributed by atoms with Crippen LogP contribution in [0.15, 0.2) is 29.4 Å². The molecule has 0 aliphatic carbocycles. The van der Waals surface area contributed by atoms with Crippen molar-refractivity contribution in [2.75, 3.05) is 16.6 Å². The van der Waals surface area contributed by atoms with Crippen LogP contribution in [0.25, 0.3) is 0 Å². The van der Waals surface area contributed by atoms with Crippen molar-refractivity contribution in [3.8, 4) is 0 Å². The lowest BCUT2D eigenvalue weighted by atomic mass is 10.4. The number of aromatic nitrogens is 3. The van der Waals surface area contributed by atoms with Gasteiger partial charge in [-0.15, -0.1) is 0 Å². The Morgan fingerprint density at radius 2 is 2.14 bits per heavy atom. The second kappa shape index (κ2) is 6.13. The summed E-state index contributed by atoms with van der Waals surface area (Å²) in [6, 6.07) is 5.07. The van der Waals surface area contributed by atoms with E-state index < -0.39 is 10.0 Å². The van der Waals surface area contributed by atoms with Crippen LogP contribution in [0.3, 0.4) is 0 Å². The van der Waals surface area contributed by atoms with E-state index >= 15 is 0 Å². The smallest absolute Gasteiger partial charge is 0.282 e. The quantitative estimate of drug-likeness (QED) is 0.848. The molecule has 8 heteroatoms. The lowest BCUT2D eigenvalue weighted by Gasteiger charge is -2.12. The highest BCUT2D eigenvalue weighted by molar-refractivity contribution is 7.92. The monoisotopic (exact) mass is 309 g/mol. The molecule has 0 fully saturated rings. The van der Waals surface area contributed by atoms with Crippen molar-refractivity contribution in [3.05, 3.63) is 30.1 Å². The Morgan fingerprint density at radius 1 is 1.38 bits per heavy atom. The van der Waals surface area contributed by atoms with Crippen molar-refractivity contribution >= 4 is 21.5 Å². The van der Waals surface area contributed by atoms with Crippen molar-refractivity contribution in [2.24, 2.45) is 7.05 Å². The van der Waals surface area contributed by atoms with E-state index in [1.54, 1.807) is 32.2 Å². The van der Waals surface area contributed by atoms with Gasteiger partial charge in [0.25, 0.3) is 10.0 Å².